The van der Waals surface area contributed by atoms with Crippen LogP contribution in [-0.4, -0.2) is 24.4 Å². The summed E-state index contributed by atoms with van der Waals surface area (Å²) in [6.07, 6.45) is 0.319. The van der Waals surface area contributed by atoms with Gasteiger partial charge in [-0.05, 0) is 46.2 Å². The highest BCUT2D eigenvalue weighted by Crippen LogP contribution is 2.42. The summed E-state index contributed by atoms with van der Waals surface area (Å²) in [7, 11) is 0. The highest BCUT2D eigenvalue weighted by molar-refractivity contribution is 5.48. The van der Waals surface area contributed by atoms with Crippen LogP contribution < -0.4 is 0 Å². The molecule has 3 nitrogen and oxygen atoms in total. The summed E-state index contributed by atoms with van der Waals surface area (Å²) in [6.45, 7) is 0.724. The van der Waals surface area contributed by atoms with Crippen molar-refractivity contribution >= 4 is 0 Å². The lowest BCUT2D eigenvalue weighted by Gasteiger charge is -2.37. The fraction of sp³-hybridized carbons (Fsp3) is 0.163. The number of aliphatic hydroxyl groups is 1. The van der Waals surface area contributed by atoms with Crippen LogP contribution in [0.2, 0.25) is 0 Å². The molecule has 0 saturated heterocycles. The SMILES string of the molecule is OC(CCOC(c1ccccc1)(c1ccccc1)c1ccccc1)CCOC(c1ccccc1)(c1ccccc1)c1ccccc1. The summed E-state index contributed by atoms with van der Waals surface area (Å²) in [5.74, 6) is 0. The molecule has 0 aliphatic heterocycles. The average molecular weight is 605 g/mol. The molecule has 6 aromatic carbocycles. The summed E-state index contributed by atoms with van der Waals surface area (Å²) in [4.78, 5) is 0. The van der Waals surface area contributed by atoms with Crippen LogP contribution in [0, 0.1) is 0 Å². The van der Waals surface area contributed by atoms with Crippen molar-refractivity contribution in [3.8, 4) is 0 Å². The van der Waals surface area contributed by atoms with Gasteiger partial charge >= 0.3 is 0 Å². The Hall–Kier alpha value is -4.80. The van der Waals surface area contributed by atoms with Crippen LogP contribution in [0.15, 0.2) is 182 Å². The van der Waals surface area contributed by atoms with Crippen molar-refractivity contribution in [2.24, 2.45) is 0 Å². The van der Waals surface area contributed by atoms with Gasteiger partial charge in [-0.2, -0.15) is 0 Å². The number of hydrogen-bond donors (Lipinski definition) is 1. The predicted octanol–water partition coefficient (Wildman–Crippen LogP) is 9.14. The molecule has 6 aromatic rings. The number of rotatable bonds is 14. The standard InChI is InChI=1S/C43H40O3/c44-41(31-33-45-42(35-19-7-1-8-20-35,36-21-9-2-10-22-36)37-23-11-3-12-24-37)32-34-46-43(38-25-13-4-14-26-38,39-27-15-5-16-28-39)40-29-17-6-18-30-40/h1-30,41,44H,31-34H2. The summed E-state index contributed by atoms with van der Waals surface area (Å²) >= 11 is 0. The Labute approximate surface area is 272 Å². The zero-order valence-electron chi connectivity index (χ0n) is 26.0. The molecule has 0 saturated carbocycles. The molecule has 46 heavy (non-hydrogen) atoms. The van der Waals surface area contributed by atoms with Crippen LogP contribution in [-0.2, 0) is 20.7 Å². The van der Waals surface area contributed by atoms with Gasteiger partial charge < -0.3 is 14.6 Å². The number of aliphatic hydroxyl groups excluding tert-OH is 1. The maximum atomic E-state index is 11.3. The number of hydrogen-bond acceptors (Lipinski definition) is 3. The first-order valence-electron chi connectivity index (χ1n) is 16.0. The van der Waals surface area contributed by atoms with Gasteiger partial charge in [0.1, 0.15) is 11.2 Å². The number of benzene rings is 6. The normalized spacial score (nSPS) is 11.9. The Kier molecular flexibility index (Phi) is 10.2. The summed E-state index contributed by atoms with van der Waals surface area (Å²) in [5.41, 5.74) is 4.64. The molecular formula is C43H40O3. The average Bonchev–Trinajstić information content (AvgIpc) is 3.14. The summed E-state index contributed by atoms with van der Waals surface area (Å²) in [5, 5.41) is 11.3. The third kappa shape index (κ3) is 6.59. The third-order valence-electron chi connectivity index (χ3n) is 8.62. The fourth-order valence-electron chi connectivity index (χ4n) is 6.38. The largest absolute Gasteiger partial charge is 0.393 e. The number of ether oxygens (including phenoxy) is 2. The Morgan fingerprint density at radius 1 is 0.348 bits per heavy atom. The molecule has 0 aliphatic rings. The van der Waals surface area contributed by atoms with E-state index in [0.717, 1.165) is 33.4 Å². The van der Waals surface area contributed by atoms with E-state index in [1.54, 1.807) is 0 Å². The lowest BCUT2D eigenvalue weighted by Crippen LogP contribution is -2.35. The molecule has 0 atom stereocenters. The van der Waals surface area contributed by atoms with E-state index >= 15 is 0 Å². The molecule has 0 heterocycles. The van der Waals surface area contributed by atoms with Gasteiger partial charge in [0.2, 0.25) is 0 Å². The van der Waals surface area contributed by atoms with Crippen molar-refractivity contribution < 1.29 is 14.6 Å². The van der Waals surface area contributed by atoms with Gasteiger partial charge in [0.05, 0.1) is 19.3 Å². The molecule has 6 rings (SSSR count). The molecule has 0 radical (unpaired) electrons. The van der Waals surface area contributed by atoms with Gasteiger partial charge in [-0.1, -0.05) is 182 Å². The maximum absolute atomic E-state index is 11.3. The molecular weight excluding hydrogens is 564 g/mol. The molecule has 0 fully saturated rings. The van der Waals surface area contributed by atoms with Crippen LogP contribution in [0.3, 0.4) is 0 Å². The second-order valence-corrected chi connectivity index (χ2v) is 11.5. The van der Waals surface area contributed by atoms with Crippen LogP contribution in [0.25, 0.3) is 0 Å². The van der Waals surface area contributed by atoms with Crippen molar-refractivity contribution in [1.82, 2.24) is 0 Å². The third-order valence-corrected chi connectivity index (χ3v) is 8.62. The zero-order valence-corrected chi connectivity index (χ0v) is 26.0. The van der Waals surface area contributed by atoms with Crippen molar-refractivity contribution in [2.75, 3.05) is 13.2 Å². The predicted molar refractivity (Wildman–Crippen MR) is 186 cm³/mol. The first-order valence-corrected chi connectivity index (χ1v) is 16.0. The lowest BCUT2D eigenvalue weighted by atomic mass is 9.80. The smallest absolute Gasteiger partial charge is 0.143 e. The van der Waals surface area contributed by atoms with Gasteiger partial charge in [-0.25, -0.2) is 0 Å². The Morgan fingerprint density at radius 3 is 0.739 bits per heavy atom. The van der Waals surface area contributed by atoms with Crippen LogP contribution >= 0.6 is 0 Å². The van der Waals surface area contributed by atoms with E-state index < -0.39 is 17.3 Å². The van der Waals surface area contributed by atoms with Gasteiger partial charge in [0, 0.05) is 0 Å². The molecule has 0 aromatic heterocycles. The Balaban J connectivity index is 1.22. The van der Waals surface area contributed by atoms with E-state index in [0.29, 0.717) is 26.1 Å². The van der Waals surface area contributed by atoms with E-state index in [4.69, 9.17) is 9.47 Å². The van der Waals surface area contributed by atoms with Crippen molar-refractivity contribution in [3.05, 3.63) is 215 Å². The van der Waals surface area contributed by atoms with Gasteiger partial charge in [0.15, 0.2) is 0 Å². The lowest BCUT2D eigenvalue weighted by molar-refractivity contribution is -0.0259. The first kappa shape index (κ1) is 31.2. The molecule has 0 bridgehead atoms. The van der Waals surface area contributed by atoms with Gasteiger partial charge in [0.25, 0.3) is 0 Å². The molecule has 0 amide bonds. The highest BCUT2D eigenvalue weighted by atomic mass is 16.5. The molecule has 0 aliphatic carbocycles. The zero-order chi connectivity index (χ0) is 31.5. The molecule has 3 heteroatoms. The van der Waals surface area contributed by atoms with Crippen LogP contribution in [0.5, 0.6) is 0 Å². The Bertz CT molecular complexity index is 1400. The molecule has 1 N–H and O–H groups in total. The molecule has 230 valence electrons. The molecule has 0 unspecified atom stereocenters. The van der Waals surface area contributed by atoms with Crippen molar-refractivity contribution in [1.29, 1.82) is 0 Å². The monoisotopic (exact) mass is 604 g/mol. The van der Waals surface area contributed by atoms with E-state index in [1.807, 2.05) is 109 Å². The van der Waals surface area contributed by atoms with Crippen LogP contribution in [0.1, 0.15) is 46.2 Å². The molecule has 0 spiro atoms. The summed E-state index contributed by atoms with van der Waals surface area (Å²) in [6, 6.07) is 62.0. The fourth-order valence-corrected chi connectivity index (χ4v) is 6.38. The first-order chi connectivity index (χ1) is 22.7. The highest BCUT2D eigenvalue weighted by Gasteiger charge is 2.39. The van der Waals surface area contributed by atoms with E-state index in [1.165, 1.54) is 0 Å². The minimum Gasteiger partial charge on any atom is -0.393 e. The van der Waals surface area contributed by atoms with E-state index in [9.17, 15) is 5.11 Å². The minimum absolute atomic E-state index is 0.362. The van der Waals surface area contributed by atoms with Crippen molar-refractivity contribution in [3.63, 3.8) is 0 Å². The van der Waals surface area contributed by atoms with Crippen LogP contribution in [0.4, 0.5) is 0 Å². The van der Waals surface area contributed by atoms with E-state index in [2.05, 4.69) is 72.8 Å². The Morgan fingerprint density at radius 2 is 0.543 bits per heavy atom. The maximum Gasteiger partial charge on any atom is 0.143 e. The van der Waals surface area contributed by atoms with Crippen molar-refractivity contribution in [2.45, 2.75) is 30.1 Å². The van der Waals surface area contributed by atoms with Gasteiger partial charge in [-0.3, -0.25) is 0 Å². The topological polar surface area (TPSA) is 38.7 Å². The minimum atomic E-state index is -0.816. The second-order valence-electron chi connectivity index (χ2n) is 11.5. The van der Waals surface area contributed by atoms with Gasteiger partial charge in [-0.15, -0.1) is 0 Å². The second kappa shape index (κ2) is 15.0. The summed E-state index contributed by atoms with van der Waals surface area (Å²) < 4.78 is 13.8. The van der Waals surface area contributed by atoms with E-state index in [-0.39, 0.29) is 0 Å². The quantitative estimate of drug-likeness (QED) is 0.126.